The molecule has 74 valence electrons. The molecule has 14 heavy (non-hydrogen) atoms. The molecule has 0 aliphatic rings. The Labute approximate surface area is 83.8 Å². The molecule has 0 saturated carbocycles. The van der Waals surface area contributed by atoms with Crippen LogP contribution in [0.2, 0.25) is 0 Å². The van der Waals surface area contributed by atoms with Crippen LogP contribution in [0.4, 0.5) is 0 Å². The van der Waals surface area contributed by atoms with Crippen LogP contribution >= 0.6 is 0 Å². The van der Waals surface area contributed by atoms with E-state index in [1.165, 1.54) is 0 Å². The maximum absolute atomic E-state index is 4.50. The van der Waals surface area contributed by atoms with E-state index < -0.39 is 0 Å². The van der Waals surface area contributed by atoms with Crippen molar-refractivity contribution in [2.45, 2.75) is 13.5 Å². The molecule has 3 nitrogen and oxygen atoms in total. The van der Waals surface area contributed by atoms with Crippen molar-refractivity contribution in [1.82, 2.24) is 14.9 Å². The number of aromatic amines is 1. The second-order valence-electron chi connectivity index (χ2n) is 3.53. The van der Waals surface area contributed by atoms with E-state index in [1.54, 1.807) is 0 Å². The molecule has 0 aliphatic heterocycles. The van der Waals surface area contributed by atoms with Gasteiger partial charge in [0.2, 0.25) is 0 Å². The molecule has 0 unspecified atom stereocenters. The van der Waals surface area contributed by atoms with Crippen molar-refractivity contribution in [3.8, 4) is 0 Å². The van der Waals surface area contributed by atoms with E-state index in [4.69, 9.17) is 0 Å². The number of rotatable bonds is 3. The maximum Gasteiger partial charge on any atom is 0.121 e. The molecule has 1 aromatic heterocycles. The summed E-state index contributed by atoms with van der Waals surface area (Å²) < 4.78 is 0. The van der Waals surface area contributed by atoms with Gasteiger partial charge in [-0.3, -0.25) is 4.90 Å². The lowest BCUT2D eigenvalue weighted by atomic mass is 10.3. The Morgan fingerprint density at radius 3 is 2.86 bits per heavy atom. The van der Waals surface area contributed by atoms with Crippen molar-refractivity contribution in [3.05, 3.63) is 30.1 Å². The summed E-state index contributed by atoms with van der Waals surface area (Å²) in [5, 5.41) is 0. The third-order valence-corrected chi connectivity index (χ3v) is 2.40. The molecule has 0 bridgehead atoms. The highest BCUT2D eigenvalue weighted by molar-refractivity contribution is 5.74. The minimum Gasteiger partial charge on any atom is -0.341 e. The van der Waals surface area contributed by atoms with E-state index in [1.807, 2.05) is 18.2 Å². The number of para-hydroxylation sites is 2. The molecule has 0 fully saturated rings. The second-order valence-corrected chi connectivity index (χ2v) is 3.53. The van der Waals surface area contributed by atoms with Gasteiger partial charge in [-0.2, -0.15) is 0 Å². The lowest BCUT2D eigenvalue weighted by molar-refractivity contribution is 0.338. The zero-order chi connectivity index (χ0) is 9.97. The van der Waals surface area contributed by atoms with E-state index >= 15 is 0 Å². The molecular weight excluding hydrogens is 174 g/mol. The fourth-order valence-corrected chi connectivity index (χ4v) is 1.45. The van der Waals surface area contributed by atoms with Crippen LogP contribution in [0.25, 0.3) is 11.0 Å². The van der Waals surface area contributed by atoms with Gasteiger partial charge >= 0.3 is 0 Å². The molecule has 2 aromatic rings. The molecule has 2 rings (SSSR count). The summed E-state index contributed by atoms with van der Waals surface area (Å²) in [6, 6.07) is 8.11. The van der Waals surface area contributed by atoms with Crippen LogP contribution in [0.5, 0.6) is 0 Å². The van der Waals surface area contributed by atoms with Crippen LogP contribution in [0, 0.1) is 0 Å². The third-order valence-electron chi connectivity index (χ3n) is 2.40. The predicted molar refractivity (Wildman–Crippen MR) is 58.1 cm³/mol. The summed E-state index contributed by atoms with van der Waals surface area (Å²) in [6.07, 6.45) is 0. The van der Waals surface area contributed by atoms with Crippen LogP contribution in [0.3, 0.4) is 0 Å². The van der Waals surface area contributed by atoms with Crippen LogP contribution in [0.15, 0.2) is 24.3 Å². The second kappa shape index (κ2) is 3.80. The van der Waals surface area contributed by atoms with Crippen molar-refractivity contribution in [2.24, 2.45) is 0 Å². The van der Waals surface area contributed by atoms with Crippen LogP contribution in [-0.4, -0.2) is 28.5 Å². The number of hydrogen-bond donors (Lipinski definition) is 1. The Hall–Kier alpha value is -1.35. The van der Waals surface area contributed by atoms with Crippen LogP contribution in [-0.2, 0) is 6.54 Å². The van der Waals surface area contributed by atoms with Crippen LogP contribution < -0.4 is 0 Å². The first kappa shape index (κ1) is 9.21. The van der Waals surface area contributed by atoms with E-state index in [9.17, 15) is 0 Å². The van der Waals surface area contributed by atoms with Gasteiger partial charge < -0.3 is 4.98 Å². The summed E-state index contributed by atoms with van der Waals surface area (Å²) in [6.45, 7) is 4.06. The number of aromatic nitrogens is 2. The zero-order valence-corrected chi connectivity index (χ0v) is 8.62. The Balaban J connectivity index is 2.27. The standard InChI is InChI=1S/C11H15N3/c1-3-14(2)8-11-12-9-6-4-5-7-10(9)13-11/h4-7H,3,8H2,1-2H3,(H,12,13). The number of imidazole rings is 1. The van der Waals surface area contributed by atoms with Gasteiger partial charge in [-0.15, -0.1) is 0 Å². The molecule has 1 N–H and O–H groups in total. The largest absolute Gasteiger partial charge is 0.341 e. The Kier molecular flexibility index (Phi) is 2.50. The van der Waals surface area contributed by atoms with Crippen molar-refractivity contribution < 1.29 is 0 Å². The molecule has 0 aliphatic carbocycles. The number of H-pyrrole nitrogens is 1. The predicted octanol–water partition coefficient (Wildman–Crippen LogP) is 2.01. The van der Waals surface area contributed by atoms with Crippen molar-refractivity contribution in [1.29, 1.82) is 0 Å². The zero-order valence-electron chi connectivity index (χ0n) is 8.62. The molecule has 0 atom stereocenters. The number of fused-ring (bicyclic) bond motifs is 1. The van der Waals surface area contributed by atoms with E-state index in [2.05, 4.69) is 34.9 Å². The molecular formula is C11H15N3. The molecule has 3 heteroatoms. The molecule has 0 spiro atoms. The number of benzene rings is 1. The Morgan fingerprint density at radius 2 is 2.14 bits per heavy atom. The van der Waals surface area contributed by atoms with E-state index in [0.29, 0.717) is 0 Å². The number of nitrogens with one attached hydrogen (secondary N) is 1. The minimum absolute atomic E-state index is 0.880. The summed E-state index contributed by atoms with van der Waals surface area (Å²) in [5.74, 6) is 1.04. The maximum atomic E-state index is 4.50. The number of hydrogen-bond acceptors (Lipinski definition) is 2. The fourth-order valence-electron chi connectivity index (χ4n) is 1.45. The first-order valence-corrected chi connectivity index (χ1v) is 4.91. The lowest BCUT2D eigenvalue weighted by Crippen LogP contribution is -2.17. The van der Waals surface area contributed by atoms with Crippen molar-refractivity contribution in [3.63, 3.8) is 0 Å². The molecule has 0 radical (unpaired) electrons. The average Bonchev–Trinajstić information content (AvgIpc) is 2.59. The molecule has 1 heterocycles. The Bertz CT molecular complexity index is 386. The van der Waals surface area contributed by atoms with Gasteiger partial charge in [-0.1, -0.05) is 19.1 Å². The summed E-state index contributed by atoms with van der Waals surface area (Å²) in [5.41, 5.74) is 2.17. The number of nitrogens with zero attached hydrogens (tertiary/aromatic N) is 2. The highest BCUT2D eigenvalue weighted by atomic mass is 15.1. The van der Waals surface area contributed by atoms with Crippen LogP contribution in [0.1, 0.15) is 12.7 Å². The van der Waals surface area contributed by atoms with Gasteiger partial charge in [0.1, 0.15) is 5.82 Å². The van der Waals surface area contributed by atoms with Gasteiger partial charge in [-0.05, 0) is 25.7 Å². The van der Waals surface area contributed by atoms with Crippen molar-refractivity contribution >= 4 is 11.0 Å². The summed E-state index contributed by atoms with van der Waals surface area (Å²) in [4.78, 5) is 10.0. The van der Waals surface area contributed by atoms with Gasteiger partial charge in [-0.25, -0.2) is 4.98 Å². The minimum atomic E-state index is 0.880. The normalized spacial score (nSPS) is 11.4. The third kappa shape index (κ3) is 1.77. The van der Waals surface area contributed by atoms with Gasteiger partial charge in [0.15, 0.2) is 0 Å². The van der Waals surface area contributed by atoms with E-state index in [0.717, 1.165) is 29.9 Å². The highest BCUT2D eigenvalue weighted by Crippen LogP contribution is 2.10. The van der Waals surface area contributed by atoms with Crippen molar-refractivity contribution in [2.75, 3.05) is 13.6 Å². The first-order chi connectivity index (χ1) is 6.79. The van der Waals surface area contributed by atoms with Gasteiger partial charge in [0, 0.05) is 0 Å². The highest BCUT2D eigenvalue weighted by Gasteiger charge is 2.03. The molecule has 1 aromatic carbocycles. The summed E-state index contributed by atoms with van der Waals surface area (Å²) >= 11 is 0. The average molecular weight is 189 g/mol. The summed E-state index contributed by atoms with van der Waals surface area (Å²) in [7, 11) is 2.09. The molecule has 0 amide bonds. The quantitative estimate of drug-likeness (QED) is 0.801. The topological polar surface area (TPSA) is 31.9 Å². The first-order valence-electron chi connectivity index (χ1n) is 4.91. The smallest absolute Gasteiger partial charge is 0.121 e. The van der Waals surface area contributed by atoms with E-state index in [-0.39, 0.29) is 0 Å². The van der Waals surface area contributed by atoms with Gasteiger partial charge in [0.25, 0.3) is 0 Å². The monoisotopic (exact) mass is 189 g/mol. The lowest BCUT2D eigenvalue weighted by Gasteiger charge is -2.10. The SMILES string of the molecule is CCN(C)Cc1nc2ccccc2[nH]1. The fraction of sp³-hybridized carbons (Fsp3) is 0.364. The Morgan fingerprint density at radius 1 is 1.36 bits per heavy atom. The van der Waals surface area contributed by atoms with Gasteiger partial charge in [0.05, 0.1) is 17.6 Å². The molecule has 0 saturated heterocycles.